The number of rotatable bonds is 12. The average molecular weight is 929 g/mol. The zero-order valence-electron chi connectivity index (χ0n) is 39.1. The van der Waals surface area contributed by atoms with Gasteiger partial charge in [-0.25, -0.2) is 18.7 Å². The number of aliphatic hydroxyl groups is 1. The molecule has 1 atom stereocenters. The minimum Gasteiger partial charge on any atom is -0.493 e. The summed E-state index contributed by atoms with van der Waals surface area (Å²) in [6.07, 6.45) is 6.55. The normalized spacial score (nSPS) is 13.7. The summed E-state index contributed by atoms with van der Waals surface area (Å²) in [7, 11) is 8.15. The molecule has 8 aromatic rings. The molecule has 0 aliphatic carbocycles. The maximum atomic E-state index is 14.6. The number of halogens is 2. The van der Waals surface area contributed by atoms with E-state index in [4.69, 9.17) is 22.6 Å². The zero-order valence-corrected chi connectivity index (χ0v) is 39.1. The van der Waals surface area contributed by atoms with Crippen molar-refractivity contribution < 1.29 is 23.4 Å². The predicted molar refractivity (Wildman–Crippen MR) is 261 cm³/mol. The highest BCUT2D eigenvalue weighted by Crippen LogP contribution is 2.38. The number of hydrogen-bond acceptors (Lipinski definition) is 11. The molecule has 0 amide bonds. The van der Waals surface area contributed by atoms with Crippen LogP contribution in [0.4, 0.5) is 32.3 Å². The Labute approximate surface area is 398 Å². The molecule has 2 aliphatic rings. The first-order valence-corrected chi connectivity index (χ1v) is 22.3. The molecule has 0 radical (unpaired) electrons. The molecule has 4 aromatic heterocycles. The Hall–Kier alpha value is -7.96. The van der Waals surface area contributed by atoms with Crippen LogP contribution in [0.2, 0.25) is 0 Å². The van der Waals surface area contributed by atoms with Crippen LogP contribution in [0.3, 0.4) is 0 Å². The van der Waals surface area contributed by atoms with Gasteiger partial charge in [-0.15, -0.1) is 0 Å². The molecule has 4 aromatic carbocycles. The van der Waals surface area contributed by atoms with Gasteiger partial charge in [0.05, 0.1) is 17.7 Å². The van der Waals surface area contributed by atoms with Crippen LogP contribution in [0.15, 0.2) is 85.5 Å². The van der Waals surface area contributed by atoms with E-state index in [0.717, 1.165) is 57.8 Å². The Morgan fingerprint density at radius 1 is 0.696 bits per heavy atom. The van der Waals surface area contributed by atoms with Gasteiger partial charge in [0, 0.05) is 79.6 Å². The van der Waals surface area contributed by atoms with Crippen molar-refractivity contribution in [1.82, 2.24) is 38.5 Å². The number of ether oxygens (including phenoxy) is 2. The lowest BCUT2D eigenvalue weighted by atomic mass is 10.00. The van der Waals surface area contributed by atoms with E-state index >= 15 is 0 Å². The van der Waals surface area contributed by atoms with E-state index in [9.17, 15) is 13.9 Å². The van der Waals surface area contributed by atoms with Crippen molar-refractivity contribution in [3.05, 3.63) is 164 Å². The van der Waals surface area contributed by atoms with Crippen LogP contribution in [0.25, 0.3) is 43.2 Å². The number of nitrogens with zero attached hydrogens (tertiary/aromatic N) is 10. The quantitative estimate of drug-likeness (QED) is 0.101. The molecule has 350 valence electrons. The van der Waals surface area contributed by atoms with Gasteiger partial charge in [-0.1, -0.05) is 59.5 Å². The third kappa shape index (κ3) is 9.35. The second-order valence-electron chi connectivity index (χ2n) is 17.6. The highest BCUT2D eigenvalue weighted by atomic mass is 19.1. The molecule has 0 fully saturated rings. The van der Waals surface area contributed by atoms with Crippen molar-refractivity contribution in [2.45, 2.75) is 52.6 Å². The van der Waals surface area contributed by atoms with Crippen molar-refractivity contribution in [3.8, 4) is 33.8 Å². The summed E-state index contributed by atoms with van der Waals surface area (Å²) >= 11 is 0. The van der Waals surface area contributed by atoms with E-state index in [0.29, 0.717) is 58.7 Å². The van der Waals surface area contributed by atoms with Gasteiger partial charge in [0.25, 0.3) is 11.6 Å². The average Bonchev–Trinajstić information content (AvgIpc) is 4.15. The maximum Gasteiger partial charge on any atom is 0.288 e. The van der Waals surface area contributed by atoms with E-state index in [2.05, 4.69) is 93.4 Å². The molecule has 0 spiro atoms. The number of imidazole rings is 2. The summed E-state index contributed by atoms with van der Waals surface area (Å²) in [5.41, 5.74) is 11.7. The fourth-order valence-corrected chi connectivity index (χ4v) is 9.04. The number of benzene rings is 4. The van der Waals surface area contributed by atoms with Crippen molar-refractivity contribution >= 4 is 34.8 Å². The second-order valence-corrected chi connectivity index (χ2v) is 17.6. The second kappa shape index (κ2) is 19.3. The minimum atomic E-state index is -0.881. The summed E-state index contributed by atoms with van der Waals surface area (Å²) in [5.74, 6) is 1.93. The lowest BCUT2D eigenvalue weighted by molar-refractivity contribution is 0.140. The van der Waals surface area contributed by atoms with E-state index in [1.54, 1.807) is 39.7 Å². The molecule has 10 rings (SSSR count). The van der Waals surface area contributed by atoms with E-state index in [1.807, 2.05) is 35.1 Å². The number of anilines is 2. The summed E-state index contributed by atoms with van der Waals surface area (Å²) < 4.78 is 43.7. The number of nitrogens with one attached hydrogen (secondary N) is 2. The Kier molecular flexibility index (Phi) is 12.9. The Balaban J connectivity index is 0.000000172. The van der Waals surface area contributed by atoms with Gasteiger partial charge in [0.2, 0.25) is 23.2 Å². The number of fused-ring (bicyclic) bond motifs is 4. The molecule has 2 aliphatic heterocycles. The zero-order chi connectivity index (χ0) is 48.5. The summed E-state index contributed by atoms with van der Waals surface area (Å²) in [6.45, 7) is 21.7. The Morgan fingerprint density at radius 3 is 1.71 bits per heavy atom. The topological polar surface area (TPSA) is 138 Å². The molecule has 0 saturated carbocycles. The summed E-state index contributed by atoms with van der Waals surface area (Å²) in [5, 5.41) is 16.7. The molecule has 0 bridgehead atoms. The van der Waals surface area contributed by atoms with Crippen molar-refractivity contribution in [2.24, 2.45) is 0 Å². The standard InChI is InChI=1S/C26H25FN6O2.C26H25FN6O/c1-15-9-16(12-32(3)4)5-6-17(15)18-10-29-26(33-13-23(28-2)31-25(18)33)30-11-19-20(27)7-8-22-24(19)21(34)14-35-22;1-16-11-17(14-32(3)4)5-6-18(16)21-13-30-26(33-15-24(28-2)31-25(21)33)29-12-20-19-9-10-34-23(19)8-7-22(20)27/h5-10,13,21,34H,11-12,14H2,1,3-4H3,(H,29,30);5-8,11,13,15H,9-10,12,14H2,1,3-4H3,(H,29,30). The van der Waals surface area contributed by atoms with Crippen LogP contribution < -0.4 is 20.1 Å². The van der Waals surface area contributed by atoms with Gasteiger partial charge in [-0.3, -0.25) is 8.80 Å². The third-order valence-electron chi connectivity index (χ3n) is 12.1. The van der Waals surface area contributed by atoms with Crippen LogP contribution in [-0.4, -0.2) is 85.0 Å². The van der Waals surface area contributed by atoms with Crippen LogP contribution in [0, 0.1) is 38.6 Å². The van der Waals surface area contributed by atoms with E-state index < -0.39 is 11.9 Å². The predicted octanol–water partition coefficient (Wildman–Crippen LogP) is 9.50. The largest absolute Gasteiger partial charge is 0.493 e. The van der Waals surface area contributed by atoms with Crippen molar-refractivity contribution in [3.63, 3.8) is 0 Å². The van der Waals surface area contributed by atoms with Crippen LogP contribution in [0.5, 0.6) is 11.5 Å². The van der Waals surface area contributed by atoms with Gasteiger partial charge in [0.15, 0.2) is 0 Å². The summed E-state index contributed by atoms with van der Waals surface area (Å²) in [4.78, 5) is 29.5. The van der Waals surface area contributed by atoms with Crippen LogP contribution >= 0.6 is 0 Å². The maximum absolute atomic E-state index is 14.6. The highest BCUT2D eigenvalue weighted by molar-refractivity contribution is 5.82. The first-order chi connectivity index (χ1) is 33.3. The molecule has 69 heavy (non-hydrogen) atoms. The SMILES string of the molecule is [C-]#[N+]c1cn2c(NCc3c(F)ccc4c3C(O)CO4)ncc(-c3ccc(CN(C)C)cc3C)c2n1.[C-]#[N+]c1cn2c(NCc3c(F)ccc4c3CCO4)ncc(-c3ccc(CN(C)C)cc3C)c2n1. The number of aryl methyl sites for hydroxylation is 2. The third-order valence-corrected chi connectivity index (χ3v) is 12.1. The van der Waals surface area contributed by atoms with Gasteiger partial charge < -0.3 is 44.7 Å². The first-order valence-electron chi connectivity index (χ1n) is 22.3. The van der Waals surface area contributed by atoms with Gasteiger partial charge in [-0.05, 0) is 99.7 Å². The molecule has 6 heterocycles. The van der Waals surface area contributed by atoms with Crippen molar-refractivity contribution in [1.29, 1.82) is 0 Å². The smallest absolute Gasteiger partial charge is 0.288 e. The Morgan fingerprint density at radius 2 is 1.20 bits per heavy atom. The molecule has 3 N–H and O–H groups in total. The number of aromatic nitrogens is 6. The monoisotopic (exact) mass is 928 g/mol. The van der Waals surface area contributed by atoms with Gasteiger partial charge >= 0.3 is 0 Å². The number of aliphatic hydroxyl groups excluding tert-OH is 1. The van der Waals surface area contributed by atoms with Crippen molar-refractivity contribution in [2.75, 3.05) is 52.0 Å². The summed E-state index contributed by atoms with van der Waals surface area (Å²) in [6, 6.07) is 18.6. The molecular formula is C52H50F2N12O3. The molecular weight excluding hydrogens is 879 g/mol. The first kappa shape index (κ1) is 46.2. The Bertz CT molecular complexity index is 3350. The molecule has 0 saturated heterocycles. The molecule has 1 unspecified atom stereocenters. The molecule has 17 heteroatoms. The lowest BCUT2D eigenvalue weighted by Crippen LogP contribution is -2.11. The minimum absolute atomic E-state index is 0.0840. The van der Waals surface area contributed by atoms with Gasteiger partial charge in [0.1, 0.15) is 35.8 Å². The highest BCUT2D eigenvalue weighted by Gasteiger charge is 2.28. The van der Waals surface area contributed by atoms with E-state index in [1.165, 1.54) is 29.3 Å². The fraction of sp³-hybridized carbons (Fsp3) is 0.269. The van der Waals surface area contributed by atoms with Crippen LogP contribution in [0.1, 0.15) is 50.6 Å². The lowest BCUT2D eigenvalue weighted by Gasteiger charge is -2.15. The van der Waals surface area contributed by atoms with E-state index in [-0.39, 0.29) is 37.1 Å². The fourth-order valence-electron chi connectivity index (χ4n) is 9.04. The van der Waals surface area contributed by atoms with Gasteiger partial charge in [-0.2, -0.15) is 0 Å². The van der Waals surface area contributed by atoms with Crippen LogP contribution in [-0.2, 0) is 32.6 Å². The molecule has 15 nitrogen and oxygen atoms in total. The number of hydrogen-bond donors (Lipinski definition) is 3.